The van der Waals surface area contributed by atoms with E-state index in [9.17, 15) is 9.18 Å². The molecule has 0 atom stereocenters. The normalized spacial score (nSPS) is 10.7. The third-order valence-electron chi connectivity index (χ3n) is 2.99. The average Bonchev–Trinajstić information content (AvgIpc) is 3.22. The fourth-order valence-corrected chi connectivity index (χ4v) is 2.58. The fraction of sp³-hybridized carbons (Fsp3) is 0.133. The van der Waals surface area contributed by atoms with Crippen molar-refractivity contribution in [1.29, 1.82) is 0 Å². The average molecular weight is 333 g/mol. The van der Waals surface area contributed by atoms with Gasteiger partial charge in [0.25, 0.3) is 0 Å². The molecule has 1 aromatic carbocycles. The molecule has 0 aliphatic carbocycles. The monoisotopic (exact) mass is 333 g/mol. The van der Waals surface area contributed by atoms with Crippen LogP contribution in [-0.2, 0) is 10.5 Å². The van der Waals surface area contributed by atoms with Crippen LogP contribution in [0.25, 0.3) is 11.4 Å². The molecule has 0 bridgehead atoms. The Morgan fingerprint density at radius 3 is 2.96 bits per heavy atom. The third-order valence-corrected chi connectivity index (χ3v) is 3.86. The summed E-state index contributed by atoms with van der Waals surface area (Å²) >= 11 is 1.31. The topological polar surface area (TPSA) is 81.0 Å². The first kappa shape index (κ1) is 15.3. The molecular formula is C15H12FN3O3S. The fourth-order valence-electron chi connectivity index (χ4n) is 1.89. The van der Waals surface area contributed by atoms with Crippen LogP contribution in [0.4, 0.5) is 4.39 Å². The molecule has 0 radical (unpaired) electrons. The number of carbonyl (C=O) groups is 1. The number of aromatic nitrogens is 3. The number of nitrogens with zero attached hydrogens (tertiary/aromatic N) is 2. The molecule has 2 aromatic heterocycles. The molecule has 0 fully saturated rings. The molecule has 0 unspecified atom stereocenters. The van der Waals surface area contributed by atoms with Crippen molar-refractivity contribution in [1.82, 2.24) is 15.2 Å². The standard InChI is InChI=1S/C15H12FN3O3S/c1-21-14(20)12-7-6-9(22-12)8-23-15-17-13(18-19-15)10-4-2-3-5-11(10)16/h2-7H,8H2,1H3,(H,17,18,19). The molecule has 0 amide bonds. The zero-order chi connectivity index (χ0) is 16.2. The summed E-state index contributed by atoms with van der Waals surface area (Å²) in [6, 6.07) is 9.56. The van der Waals surface area contributed by atoms with Gasteiger partial charge in [-0.3, -0.25) is 5.10 Å². The molecule has 0 spiro atoms. The van der Waals surface area contributed by atoms with E-state index in [1.165, 1.54) is 24.9 Å². The summed E-state index contributed by atoms with van der Waals surface area (Å²) < 4.78 is 23.6. The van der Waals surface area contributed by atoms with E-state index in [-0.39, 0.29) is 11.6 Å². The summed E-state index contributed by atoms with van der Waals surface area (Å²) in [7, 11) is 1.29. The van der Waals surface area contributed by atoms with Crippen LogP contribution in [0.1, 0.15) is 16.3 Å². The zero-order valence-corrected chi connectivity index (χ0v) is 12.9. The van der Waals surface area contributed by atoms with E-state index in [2.05, 4.69) is 19.9 Å². The van der Waals surface area contributed by atoms with Gasteiger partial charge in [0.2, 0.25) is 10.9 Å². The van der Waals surface area contributed by atoms with Crippen LogP contribution in [0.3, 0.4) is 0 Å². The van der Waals surface area contributed by atoms with Crippen LogP contribution in [0.5, 0.6) is 0 Å². The number of nitrogens with one attached hydrogen (secondary N) is 1. The number of aromatic amines is 1. The maximum atomic E-state index is 13.7. The highest BCUT2D eigenvalue weighted by molar-refractivity contribution is 7.98. The van der Waals surface area contributed by atoms with Gasteiger partial charge in [0.05, 0.1) is 18.4 Å². The molecule has 8 heteroatoms. The molecular weight excluding hydrogens is 321 g/mol. The molecule has 6 nitrogen and oxygen atoms in total. The van der Waals surface area contributed by atoms with Crippen LogP contribution in [-0.4, -0.2) is 28.3 Å². The molecule has 0 saturated carbocycles. The number of furan rings is 1. The lowest BCUT2D eigenvalue weighted by molar-refractivity contribution is 0.0563. The van der Waals surface area contributed by atoms with Crippen molar-refractivity contribution in [2.24, 2.45) is 0 Å². The van der Waals surface area contributed by atoms with Crippen molar-refractivity contribution in [3.8, 4) is 11.4 Å². The van der Waals surface area contributed by atoms with Gasteiger partial charge < -0.3 is 9.15 Å². The number of hydrogen-bond donors (Lipinski definition) is 1. The largest absolute Gasteiger partial charge is 0.463 e. The number of hydrogen-bond acceptors (Lipinski definition) is 6. The molecule has 0 aliphatic rings. The SMILES string of the molecule is COC(=O)c1ccc(CSc2n[nH]c(-c3ccccc3F)n2)o1. The van der Waals surface area contributed by atoms with Gasteiger partial charge in [-0.15, -0.1) is 5.10 Å². The number of methoxy groups -OCH3 is 1. The first-order valence-electron chi connectivity index (χ1n) is 6.64. The number of halogens is 1. The number of rotatable bonds is 5. The Morgan fingerprint density at radius 2 is 2.17 bits per heavy atom. The minimum absolute atomic E-state index is 0.144. The lowest BCUT2D eigenvalue weighted by atomic mass is 10.2. The highest BCUT2D eigenvalue weighted by atomic mass is 32.2. The summed E-state index contributed by atoms with van der Waals surface area (Å²) in [4.78, 5) is 15.5. The molecule has 3 rings (SSSR count). The predicted octanol–water partition coefficient (Wildman–Crippen LogP) is 3.28. The summed E-state index contributed by atoms with van der Waals surface area (Å²) in [5, 5.41) is 7.20. The van der Waals surface area contributed by atoms with Crippen LogP contribution < -0.4 is 0 Å². The van der Waals surface area contributed by atoms with E-state index < -0.39 is 5.97 Å². The lowest BCUT2D eigenvalue weighted by Crippen LogP contribution is -1.98. The van der Waals surface area contributed by atoms with Gasteiger partial charge in [0.1, 0.15) is 11.6 Å². The van der Waals surface area contributed by atoms with Crippen molar-refractivity contribution in [3.05, 3.63) is 53.7 Å². The Labute approximate surface area is 135 Å². The second kappa shape index (κ2) is 6.66. The Hall–Kier alpha value is -2.61. The molecule has 23 heavy (non-hydrogen) atoms. The molecule has 0 aliphatic heterocycles. The molecule has 3 aromatic rings. The van der Waals surface area contributed by atoms with E-state index in [1.54, 1.807) is 30.3 Å². The summed E-state index contributed by atoms with van der Waals surface area (Å²) in [6.07, 6.45) is 0. The number of ether oxygens (including phenoxy) is 1. The highest BCUT2D eigenvalue weighted by Gasteiger charge is 2.13. The van der Waals surface area contributed by atoms with E-state index in [0.717, 1.165) is 0 Å². The van der Waals surface area contributed by atoms with Crippen molar-refractivity contribution in [3.63, 3.8) is 0 Å². The first-order chi connectivity index (χ1) is 11.2. The van der Waals surface area contributed by atoms with Crippen molar-refractivity contribution in [2.75, 3.05) is 7.11 Å². The Balaban J connectivity index is 1.67. The molecule has 1 N–H and O–H groups in total. The van der Waals surface area contributed by atoms with Crippen molar-refractivity contribution < 1.29 is 18.3 Å². The predicted molar refractivity (Wildman–Crippen MR) is 81.4 cm³/mol. The molecule has 118 valence electrons. The van der Waals surface area contributed by atoms with Gasteiger partial charge in [-0.25, -0.2) is 14.2 Å². The maximum Gasteiger partial charge on any atom is 0.373 e. The molecule has 0 saturated heterocycles. The van der Waals surface area contributed by atoms with Crippen LogP contribution >= 0.6 is 11.8 Å². The van der Waals surface area contributed by atoms with Gasteiger partial charge in [-0.05, 0) is 24.3 Å². The van der Waals surface area contributed by atoms with Gasteiger partial charge in [-0.1, -0.05) is 23.9 Å². The number of carbonyl (C=O) groups excluding carboxylic acids is 1. The maximum absolute atomic E-state index is 13.7. The van der Waals surface area contributed by atoms with E-state index >= 15 is 0 Å². The Morgan fingerprint density at radius 1 is 1.35 bits per heavy atom. The number of esters is 1. The van der Waals surface area contributed by atoms with Gasteiger partial charge in [0.15, 0.2) is 5.82 Å². The quantitative estimate of drug-likeness (QED) is 0.570. The van der Waals surface area contributed by atoms with Crippen LogP contribution in [0.2, 0.25) is 0 Å². The van der Waals surface area contributed by atoms with Gasteiger partial charge >= 0.3 is 5.97 Å². The van der Waals surface area contributed by atoms with E-state index in [0.29, 0.717) is 28.1 Å². The number of H-pyrrole nitrogens is 1. The highest BCUT2D eigenvalue weighted by Crippen LogP contribution is 2.24. The van der Waals surface area contributed by atoms with Crippen molar-refractivity contribution >= 4 is 17.7 Å². The zero-order valence-electron chi connectivity index (χ0n) is 12.1. The van der Waals surface area contributed by atoms with Gasteiger partial charge in [0, 0.05) is 0 Å². The van der Waals surface area contributed by atoms with Crippen molar-refractivity contribution in [2.45, 2.75) is 10.9 Å². The summed E-state index contributed by atoms with van der Waals surface area (Å²) in [5.74, 6) is 0.638. The summed E-state index contributed by atoms with van der Waals surface area (Å²) in [5.41, 5.74) is 0.359. The minimum Gasteiger partial charge on any atom is -0.463 e. The van der Waals surface area contributed by atoms with Crippen LogP contribution in [0, 0.1) is 5.82 Å². The van der Waals surface area contributed by atoms with E-state index in [4.69, 9.17) is 4.42 Å². The first-order valence-corrected chi connectivity index (χ1v) is 7.63. The Bertz CT molecular complexity index is 831. The summed E-state index contributed by atoms with van der Waals surface area (Å²) in [6.45, 7) is 0. The van der Waals surface area contributed by atoms with E-state index in [1.807, 2.05) is 0 Å². The number of thioether (sulfide) groups is 1. The third kappa shape index (κ3) is 3.42. The smallest absolute Gasteiger partial charge is 0.373 e. The minimum atomic E-state index is -0.527. The van der Waals surface area contributed by atoms with Gasteiger partial charge in [-0.2, -0.15) is 0 Å². The lowest BCUT2D eigenvalue weighted by Gasteiger charge is -1.96. The molecule has 2 heterocycles. The Kier molecular flexibility index (Phi) is 4.42. The second-order valence-corrected chi connectivity index (χ2v) is 5.44. The van der Waals surface area contributed by atoms with Crippen LogP contribution in [0.15, 0.2) is 46.0 Å². The number of benzene rings is 1. The second-order valence-electron chi connectivity index (χ2n) is 4.49.